The number of nitrogens with one attached hydrogen (secondary N) is 1. The molecule has 20 heavy (non-hydrogen) atoms. The van der Waals surface area contributed by atoms with Gasteiger partial charge < -0.3 is 20.4 Å². The van der Waals surface area contributed by atoms with E-state index in [-0.39, 0.29) is 5.91 Å². The van der Waals surface area contributed by atoms with Crippen LogP contribution in [0.25, 0.3) is 5.69 Å². The van der Waals surface area contributed by atoms with E-state index < -0.39 is 6.04 Å². The molecule has 0 saturated carbocycles. The lowest BCUT2D eigenvalue weighted by atomic mass is 10.2. The Morgan fingerprint density at radius 2 is 2.40 bits per heavy atom. The summed E-state index contributed by atoms with van der Waals surface area (Å²) < 4.78 is 6.77. The molecule has 3 N–H and O–H groups in total. The van der Waals surface area contributed by atoms with Gasteiger partial charge in [0, 0.05) is 37.5 Å². The Morgan fingerprint density at radius 3 is 3.10 bits per heavy atom. The number of imidazole rings is 1. The van der Waals surface area contributed by atoms with E-state index >= 15 is 0 Å². The fraction of sp³-hybridized carbons (Fsp3) is 0.286. The topological polar surface area (TPSA) is 82.2 Å². The average molecular weight is 274 g/mol. The molecule has 0 fully saturated rings. The smallest absolute Gasteiger partial charge is 0.241 e. The number of carbonyl (C=O) groups excluding carboxylic acids is 1. The lowest BCUT2D eigenvalue weighted by Crippen LogP contribution is -2.36. The van der Waals surface area contributed by atoms with E-state index in [2.05, 4.69) is 10.3 Å². The van der Waals surface area contributed by atoms with Crippen molar-refractivity contribution in [3.8, 4) is 5.69 Å². The van der Waals surface area contributed by atoms with Gasteiger partial charge in [-0.05, 0) is 24.6 Å². The molecular formula is C14H18N4O2. The summed E-state index contributed by atoms with van der Waals surface area (Å²) in [7, 11) is 1.58. The minimum Gasteiger partial charge on any atom is -0.385 e. The van der Waals surface area contributed by atoms with Crippen LogP contribution in [0, 0.1) is 0 Å². The van der Waals surface area contributed by atoms with Gasteiger partial charge >= 0.3 is 0 Å². The number of hydrogen-bond donors (Lipinski definition) is 2. The molecule has 0 aliphatic heterocycles. The van der Waals surface area contributed by atoms with Crippen molar-refractivity contribution in [3.63, 3.8) is 0 Å². The van der Waals surface area contributed by atoms with Crippen LogP contribution in [0.15, 0.2) is 43.0 Å². The molecule has 0 spiro atoms. The Balaban J connectivity index is 2.03. The van der Waals surface area contributed by atoms with Crippen LogP contribution in [-0.4, -0.2) is 35.2 Å². The maximum atomic E-state index is 11.9. The number of rotatable bonds is 6. The second-order valence-electron chi connectivity index (χ2n) is 4.40. The van der Waals surface area contributed by atoms with E-state index in [1.165, 1.54) is 0 Å². The maximum absolute atomic E-state index is 11.9. The first-order valence-electron chi connectivity index (χ1n) is 6.34. The first-order chi connectivity index (χ1) is 9.70. The zero-order valence-corrected chi connectivity index (χ0v) is 11.3. The molecule has 1 aromatic carbocycles. The molecule has 0 aliphatic rings. The maximum Gasteiger partial charge on any atom is 0.241 e. The Kier molecular flexibility index (Phi) is 4.86. The van der Waals surface area contributed by atoms with Crippen LogP contribution in [0.4, 0.5) is 5.69 Å². The largest absolute Gasteiger partial charge is 0.385 e. The lowest BCUT2D eigenvalue weighted by Gasteiger charge is -2.12. The van der Waals surface area contributed by atoms with Gasteiger partial charge in [0.2, 0.25) is 5.91 Å². The standard InChI is InChI=1S/C14H18N4O2/c1-20-8-5-13(15)14(19)17-11-3-2-4-12(9-11)18-7-6-16-10-18/h2-4,6-7,9-10,13H,5,8,15H2,1H3,(H,17,19). The number of ether oxygens (including phenoxy) is 1. The summed E-state index contributed by atoms with van der Waals surface area (Å²) in [5, 5.41) is 2.80. The van der Waals surface area contributed by atoms with E-state index in [1.807, 2.05) is 35.0 Å². The summed E-state index contributed by atoms with van der Waals surface area (Å²) in [6.07, 6.45) is 5.73. The number of aromatic nitrogens is 2. The molecule has 1 heterocycles. The van der Waals surface area contributed by atoms with E-state index in [1.54, 1.807) is 19.6 Å². The third-order valence-corrected chi connectivity index (χ3v) is 2.89. The fourth-order valence-electron chi connectivity index (χ4n) is 1.77. The molecule has 0 bridgehead atoms. The van der Waals surface area contributed by atoms with Crippen LogP contribution in [-0.2, 0) is 9.53 Å². The second kappa shape index (κ2) is 6.83. The highest BCUT2D eigenvalue weighted by Gasteiger charge is 2.13. The zero-order valence-electron chi connectivity index (χ0n) is 11.3. The van der Waals surface area contributed by atoms with Crippen LogP contribution in [0.5, 0.6) is 0 Å². The molecule has 0 saturated heterocycles. The number of carbonyl (C=O) groups is 1. The molecule has 1 unspecified atom stereocenters. The van der Waals surface area contributed by atoms with Gasteiger partial charge in [0.15, 0.2) is 0 Å². The summed E-state index contributed by atoms with van der Waals surface area (Å²) in [6.45, 7) is 0.462. The monoisotopic (exact) mass is 274 g/mol. The minimum absolute atomic E-state index is 0.218. The lowest BCUT2D eigenvalue weighted by molar-refractivity contribution is -0.117. The van der Waals surface area contributed by atoms with Crippen molar-refractivity contribution in [2.24, 2.45) is 5.73 Å². The van der Waals surface area contributed by atoms with Gasteiger partial charge in [-0.1, -0.05) is 6.07 Å². The fourth-order valence-corrected chi connectivity index (χ4v) is 1.77. The van der Waals surface area contributed by atoms with E-state index in [0.29, 0.717) is 18.7 Å². The molecule has 106 valence electrons. The Bertz CT molecular complexity index is 554. The molecule has 1 atom stereocenters. The highest BCUT2D eigenvalue weighted by Crippen LogP contribution is 2.14. The molecule has 6 heteroatoms. The van der Waals surface area contributed by atoms with Crippen LogP contribution in [0.3, 0.4) is 0 Å². The molecule has 1 amide bonds. The van der Waals surface area contributed by atoms with Crippen LogP contribution in [0.2, 0.25) is 0 Å². The number of methoxy groups -OCH3 is 1. The second-order valence-corrected chi connectivity index (χ2v) is 4.40. The van der Waals surface area contributed by atoms with Gasteiger partial charge in [-0.25, -0.2) is 4.98 Å². The van der Waals surface area contributed by atoms with Gasteiger partial charge in [-0.2, -0.15) is 0 Å². The molecule has 0 aliphatic carbocycles. The summed E-state index contributed by atoms with van der Waals surface area (Å²) in [6, 6.07) is 6.91. The van der Waals surface area contributed by atoms with Crippen LogP contribution >= 0.6 is 0 Å². The summed E-state index contributed by atoms with van der Waals surface area (Å²) in [5.41, 5.74) is 7.40. The number of hydrogen-bond acceptors (Lipinski definition) is 4. The third-order valence-electron chi connectivity index (χ3n) is 2.89. The zero-order chi connectivity index (χ0) is 14.4. The first kappa shape index (κ1) is 14.2. The number of benzene rings is 1. The van der Waals surface area contributed by atoms with Crippen molar-refractivity contribution in [2.75, 3.05) is 19.0 Å². The summed E-state index contributed by atoms with van der Waals surface area (Å²) >= 11 is 0. The van der Waals surface area contributed by atoms with E-state index in [0.717, 1.165) is 5.69 Å². The molecule has 6 nitrogen and oxygen atoms in total. The summed E-state index contributed by atoms with van der Waals surface area (Å²) in [4.78, 5) is 15.9. The predicted octanol–water partition coefficient (Wildman–Crippen LogP) is 1.17. The SMILES string of the molecule is COCCC(N)C(=O)Nc1cccc(-n2ccnc2)c1. The van der Waals surface area contributed by atoms with E-state index in [4.69, 9.17) is 10.5 Å². The minimum atomic E-state index is -0.577. The number of amides is 1. The Morgan fingerprint density at radius 1 is 1.55 bits per heavy atom. The van der Waals surface area contributed by atoms with Gasteiger partial charge in [-0.15, -0.1) is 0 Å². The van der Waals surface area contributed by atoms with Gasteiger partial charge in [-0.3, -0.25) is 4.79 Å². The van der Waals surface area contributed by atoms with Crippen molar-refractivity contribution in [3.05, 3.63) is 43.0 Å². The normalized spacial score (nSPS) is 12.1. The third kappa shape index (κ3) is 3.66. The highest BCUT2D eigenvalue weighted by molar-refractivity contribution is 5.94. The summed E-state index contributed by atoms with van der Waals surface area (Å²) in [5.74, 6) is -0.218. The predicted molar refractivity (Wildman–Crippen MR) is 76.7 cm³/mol. The molecule has 2 rings (SSSR count). The van der Waals surface area contributed by atoms with Crippen molar-refractivity contribution in [2.45, 2.75) is 12.5 Å². The van der Waals surface area contributed by atoms with Crippen LogP contribution in [0.1, 0.15) is 6.42 Å². The van der Waals surface area contributed by atoms with Crippen molar-refractivity contribution in [1.29, 1.82) is 0 Å². The van der Waals surface area contributed by atoms with Gasteiger partial charge in [0.05, 0.1) is 12.4 Å². The Hall–Kier alpha value is -2.18. The van der Waals surface area contributed by atoms with Crippen LogP contribution < -0.4 is 11.1 Å². The first-order valence-corrected chi connectivity index (χ1v) is 6.34. The van der Waals surface area contributed by atoms with E-state index in [9.17, 15) is 4.79 Å². The molecule has 1 aromatic heterocycles. The highest BCUT2D eigenvalue weighted by atomic mass is 16.5. The van der Waals surface area contributed by atoms with Gasteiger partial charge in [0.25, 0.3) is 0 Å². The van der Waals surface area contributed by atoms with Crippen molar-refractivity contribution < 1.29 is 9.53 Å². The van der Waals surface area contributed by atoms with Gasteiger partial charge in [0.1, 0.15) is 0 Å². The number of nitrogens with two attached hydrogens (primary N) is 1. The number of nitrogens with zero attached hydrogens (tertiary/aromatic N) is 2. The van der Waals surface area contributed by atoms with Crippen molar-refractivity contribution in [1.82, 2.24) is 9.55 Å². The quantitative estimate of drug-likeness (QED) is 0.828. The Labute approximate surface area is 117 Å². The molecule has 2 aromatic rings. The average Bonchev–Trinajstić information content (AvgIpc) is 2.99. The number of anilines is 1. The molecular weight excluding hydrogens is 256 g/mol. The van der Waals surface area contributed by atoms with Crippen molar-refractivity contribution >= 4 is 11.6 Å². The molecule has 0 radical (unpaired) electrons.